The van der Waals surface area contributed by atoms with E-state index in [1.807, 2.05) is 6.92 Å². The van der Waals surface area contributed by atoms with Crippen molar-refractivity contribution < 1.29 is 4.74 Å². The van der Waals surface area contributed by atoms with Gasteiger partial charge in [0.15, 0.2) is 0 Å². The van der Waals surface area contributed by atoms with Crippen molar-refractivity contribution in [2.24, 2.45) is 0 Å². The molecule has 1 aromatic heterocycles. The van der Waals surface area contributed by atoms with Gasteiger partial charge in [-0.1, -0.05) is 12.8 Å². The van der Waals surface area contributed by atoms with Gasteiger partial charge in [0.2, 0.25) is 11.9 Å². The van der Waals surface area contributed by atoms with Crippen molar-refractivity contribution >= 4 is 11.9 Å². The van der Waals surface area contributed by atoms with Crippen LogP contribution in [0.15, 0.2) is 0 Å². The van der Waals surface area contributed by atoms with E-state index in [4.69, 9.17) is 19.7 Å². The van der Waals surface area contributed by atoms with Crippen LogP contribution in [-0.4, -0.2) is 124 Å². The van der Waals surface area contributed by atoms with Crippen LogP contribution in [0.1, 0.15) is 113 Å². The number of aryl methyl sites for hydroxylation is 1. The van der Waals surface area contributed by atoms with Crippen LogP contribution in [0.25, 0.3) is 0 Å². The van der Waals surface area contributed by atoms with E-state index in [9.17, 15) is 0 Å². The molecule has 0 bridgehead atoms. The van der Waals surface area contributed by atoms with Crippen molar-refractivity contribution in [1.82, 2.24) is 29.7 Å². The Morgan fingerprint density at radius 3 is 1.68 bits per heavy atom. The highest BCUT2D eigenvalue weighted by molar-refractivity contribution is 5.41. The second-order valence-corrected chi connectivity index (χ2v) is 16.7. The molecule has 0 radical (unpaired) electrons. The molecule has 0 saturated carbocycles. The van der Waals surface area contributed by atoms with Crippen LogP contribution < -0.4 is 9.80 Å². The third-order valence-corrected chi connectivity index (χ3v) is 11.6. The fourth-order valence-corrected chi connectivity index (χ4v) is 8.28. The molecule has 4 rings (SSSR count). The van der Waals surface area contributed by atoms with Crippen LogP contribution in [-0.2, 0) is 4.74 Å². The Labute approximate surface area is 270 Å². The zero-order valence-electron chi connectivity index (χ0n) is 30.5. The topological polar surface area (TPSA) is 64.1 Å². The molecule has 0 amide bonds. The molecular formula is C35H66N8O. The summed E-state index contributed by atoms with van der Waals surface area (Å²) in [7, 11) is 6.94. The summed E-state index contributed by atoms with van der Waals surface area (Å²) in [5.74, 6) is 2.46. The summed E-state index contributed by atoms with van der Waals surface area (Å²) in [6.45, 7) is 26.5. The number of rotatable bonds is 11. The quantitative estimate of drug-likeness (QED) is 0.296. The maximum atomic E-state index is 5.60. The number of hydrogen-bond acceptors (Lipinski definition) is 9. The fourth-order valence-electron chi connectivity index (χ4n) is 8.28. The number of ether oxygens (including phenoxy) is 1. The van der Waals surface area contributed by atoms with E-state index in [2.05, 4.69) is 101 Å². The second kappa shape index (κ2) is 13.7. The Balaban J connectivity index is 1.40. The average Bonchev–Trinajstić information content (AvgIpc) is 2.93. The van der Waals surface area contributed by atoms with Crippen LogP contribution in [0.2, 0.25) is 0 Å². The van der Waals surface area contributed by atoms with Crippen LogP contribution in [0.4, 0.5) is 11.9 Å². The minimum atomic E-state index is 0.0986. The Hall–Kier alpha value is -1.55. The number of aromatic nitrogens is 3. The molecule has 3 fully saturated rings. The first-order valence-corrected chi connectivity index (χ1v) is 17.4. The molecule has 3 saturated heterocycles. The van der Waals surface area contributed by atoms with Gasteiger partial charge >= 0.3 is 0 Å². The van der Waals surface area contributed by atoms with Gasteiger partial charge in [-0.05, 0) is 129 Å². The highest BCUT2D eigenvalue weighted by Crippen LogP contribution is 2.40. The Morgan fingerprint density at radius 1 is 0.682 bits per heavy atom. The van der Waals surface area contributed by atoms with Gasteiger partial charge in [0.05, 0.1) is 13.2 Å². The molecule has 0 N–H and O–H groups in total. The summed E-state index contributed by atoms with van der Waals surface area (Å²) in [5.41, 5.74) is 0.662. The summed E-state index contributed by atoms with van der Waals surface area (Å²) >= 11 is 0. The molecule has 0 unspecified atom stereocenters. The first-order chi connectivity index (χ1) is 20.4. The van der Waals surface area contributed by atoms with Gasteiger partial charge < -0.3 is 19.4 Å². The average molecular weight is 615 g/mol. The SMILES string of the molecule is Cc1nc(N2CCOCC2)nc(N(CCCCCCN(C)C2CC(C)(C)N(C)C(C)(C)C2)C2CC(C)(C)N(C)C(C)(C)C2)n1. The van der Waals surface area contributed by atoms with Gasteiger partial charge in [-0.3, -0.25) is 9.80 Å². The van der Waals surface area contributed by atoms with Gasteiger partial charge in [-0.25, -0.2) is 0 Å². The minimum Gasteiger partial charge on any atom is -0.378 e. The van der Waals surface area contributed by atoms with E-state index in [1.165, 1.54) is 38.6 Å². The molecule has 0 aliphatic carbocycles. The van der Waals surface area contributed by atoms with E-state index >= 15 is 0 Å². The van der Waals surface area contributed by atoms with E-state index < -0.39 is 0 Å². The number of morpholine rings is 1. The number of hydrogen-bond donors (Lipinski definition) is 0. The van der Waals surface area contributed by atoms with E-state index in [-0.39, 0.29) is 22.2 Å². The summed E-state index contributed by atoms with van der Waals surface area (Å²) in [6, 6.07) is 1.04. The number of likely N-dealkylation sites (tertiary alicyclic amines) is 2. The molecule has 1 aromatic rings. The Bertz CT molecular complexity index is 1050. The molecule has 252 valence electrons. The molecular weight excluding hydrogens is 548 g/mol. The second-order valence-electron chi connectivity index (χ2n) is 16.7. The lowest BCUT2D eigenvalue weighted by Gasteiger charge is -2.55. The fraction of sp³-hybridized carbons (Fsp3) is 0.914. The summed E-state index contributed by atoms with van der Waals surface area (Å²) in [6.07, 6.45) is 9.56. The smallest absolute Gasteiger partial charge is 0.230 e. The summed E-state index contributed by atoms with van der Waals surface area (Å²) in [4.78, 5) is 27.4. The molecule has 4 heterocycles. The predicted octanol–water partition coefficient (Wildman–Crippen LogP) is 5.62. The maximum Gasteiger partial charge on any atom is 0.230 e. The van der Waals surface area contributed by atoms with Crippen molar-refractivity contribution in [1.29, 1.82) is 0 Å². The molecule has 0 spiro atoms. The lowest BCUT2D eigenvalue weighted by atomic mass is 9.77. The van der Waals surface area contributed by atoms with Gasteiger partial charge in [0, 0.05) is 53.9 Å². The van der Waals surface area contributed by atoms with Crippen LogP contribution in [0, 0.1) is 6.92 Å². The summed E-state index contributed by atoms with van der Waals surface area (Å²) in [5, 5.41) is 0. The molecule has 0 aromatic carbocycles. The molecule has 0 atom stereocenters. The standard InChI is InChI=1S/C35H66N8O/c1-27-36-30(42-19-21-44-22-20-42)38-31(37-27)43(29-25-34(6,7)41(12)35(8,9)26-29)18-16-14-13-15-17-39(10)28-23-32(2,3)40(11)33(4,5)24-28/h28-29H,13-26H2,1-12H3. The number of anilines is 2. The van der Waals surface area contributed by atoms with Gasteiger partial charge in [0.1, 0.15) is 5.82 Å². The predicted molar refractivity (Wildman–Crippen MR) is 184 cm³/mol. The molecule has 3 aliphatic heterocycles. The van der Waals surface area contributed by atoms with Crippen molar-refractivity contribution in [3.05, 3.63) is 5.82 Å². The lowest BCUT2D eigenvalue weighted by molar-refractivity contribution is -0.0426. The van der Waals surface area contributed by atoms with Crippen molar-refractivity contribution in [2.45, 2.75) is 148 Å². The first kappa shape index (κ1) is 35.3. The molecule has 9 nitrogen and oxygen atoms in total. The number of nitrogens with zero attached hydrogens (tertiary/aromatic N) is 8. The van der Waals surface area contributed by atoms with Crippen molar-refractivity contribution in [2.75, 3.05) is 70.3 Å². The third kappa shape index (κ3) is 8.23. The van der Waals surface area contributed by atoms with Gasteiger partial charge in [-0.2, -0.15) is 15.0 Å². The maximum absolute atomic E-state index is 5.60. The summed E-state index contributed by atoms with van der Waals surface area (Å²) < 4.78 is 5.60. The monoisotopic (exact) mass is 615 g/mol. The zero-order valence-corrected chi connectivity index (χ0v) is 30.5. The van der Waals surface area contributed by atoms with Crippen LogP contribution in [0.3, 0.4) is 0 Å². The van der Waals surface area contributed by atoms with Gasteiger partial charge in [0.25, 0.3) is 0 Å². The van der Waals surface area contributed by atoms with Crippen LogP contribution in [0.5, 0.6) is 0 Å². The highest BCUT2D eigenvalue weighted by Gasteiger charge is 2.46. The van der Waals surface area contributed by atoms with Crippen molar-refractivity contribution in [3.8, 4) is 0 Å². The molecule has 44 heavy (non-hydrogen) atoms. The first-order valence-electron chi connectivity index (χ1n) is 17.4. The van der Waals surface area contributed by atoms with E-state index in [0.717, 1.165) is 69.8 Å². The molecule has 3 aliphatic rings. The lowest BCUT2D eigenvalue weighted by Crippen LogP contribution is -2.63. The zero-order chi connectivity index (χ0) is 32.5. The normalized spacial score (nSPS) is 24.6. The largest absolute Gasteiger partial charge is 0.378 e. The molecule has 9 heteroatoms. The third-order valence-electron chi connectivity index (χ3n) is 11.6. The number of unbranched alkanes of at least 4 members (excludes halogenated alkanes) is 3. The van der Waals surface area contributed by atoms with E-state index in [1.54, 1.807) is 0 Å². The Morgan fingerprint density at radius 2 is 1.16 bits per heavy atom. The van der Waals surface area contributed by atoms with Crippen molar-refractivity contribution in [3.63, 3.8) is 0 Å². The number of piperidine rings is 2. The van der Waals surface area contributed by atoms with Gasteiger partial charge in [-0.15, -0.1) is 0 Å². The van der Waals surface area contributed by atoms with E-state index in [0.29, 0.717) is 12.1 Å². The highest BCUT2D eigenvalue weighted by atomic mass is 16.5. The minimum absolute atomic E-state index is 0.0986. The van der Waals surface area contributed by atoms with Crippen LogP contribution >= 0.6 is 0 Å². The Kier molecular flexibility index (Phi) is 11.0.